The third-order valence-corrected chi connectivity index (χ3v) is 3.40. The average Bonchev–Trinajstić information content (AvgIpc) is 2.31. The summed E-state index contributed by atoms with van der Waals surface area (Å²) in [6.45, 7) is 6.16. The molecular weight excluding hydrogens is 226 g/mol. The predicted molar refractivity (Wildman–Crippen MR) is 71.9 cm³/mol. The topological polar surface area (TPSA) is 59.2 Å². The van der Waals surface area contributed by atoms with E-state index >= 15 is 0 Å². The van der Waals surface area contributed by atoms with E-state index in [1.165, 1.54) is 6.42 Å². The molecule has 0 bridgehead atoms. The van der Waals surface area contributed by atoms with Crippen LogP contribution in [0.2, 0.25) is 0 Å². The van der Waals surface area contributed by atoms with Crippen LogP contribution in [-0.4, -0.2) is 28.9 Å². The van der Waals surface area contributed by atoms with Gasteiger partial charge in [-0.1, -0.05) is 13.8 Å². The number of likely N-dealkylation sites (tertiary alicyclic amines) is 1. The lowest BCUT2D eigenvalue weighted by Crippen LogP contribution is -2.43. The molecule has 1 saturated heterocycles. The van der Waals surface area contributed by atoms with Crippen molar-refractivity contribution in [2.45, 2.75) is 26.7 Å². The highest BCUT2D eigenvalue weighted by molar-refractivity contribution is 5.78. The normalized spacial score (nSPS) is 24.0. The molecule has 2 atom stereocenters. The highest BCUT2D eigenvalue weighted by atomic mass is 16.2. The summed E-state index contributed by atoms with van der Waals surface area (Å²) in [5.41, 5.74) is 7.00. The number of nitrogen functional groups attached to an aromatic ring is 1. The van der Waals surface area contributed by atoms with Crippen LogP contribution in [0.15, 0.2) is 18.3 Å². The molecule has 0 spiro atoms. The summed E-state index contributed by atoms with van der Waals surface area (Å²) in [5.74, 6) is 1.36. The second-order valence-electron chi connectivity index (χ2n) is 5.50. The number of carbonyl (C=O) groups is 1. The Morgan fingerprint density at radius 1 is 1.39 bits per heavy atom. The molecule has 98 valence electrons. The van der Waals surface area contributed by atoms with Gasteiger partial charge in [0.2, 0.25) is 5.91 Å². The minimum absolute atomic E-state index is 0.172. The van der Waals surface area contributed by atoms with E-state index in [0.29, 0.717) is 23.9 Å². The zero-order valence-electron chi connectivity index (χ0n) is 11.1. The van der Waals surface area contributed by atoms with Gasteiger partial charge < -0.3 is 10.6 Å². The molecule has 1 fully saturated rings. The van der Waals surface area contributed by atoms with Crippen LogP contribution in [0.25, 0.3) is 0 Å². The molecule has 1 aromatic rings. The zero-order valence-corrected chi connectivity index (χ0v) is 11.1. The lowest BCUT2D eigenvalue weighted by Gasteiger charge is -2.35. The SMILES string of the molecule is CC1CC(C)CN(C(=O)Cc2ccc(N)cn2)C1. The zero-order chi connectivity index (χ0) is 13.1. The van der Waals surface area contributed by atoms with Gasteiger partial charge in [0.15, 0.2) is 0 Å². The number of hydrogen-bond donors (Lipinski definition) is 1. The average molecular weight is 247 g/mol. The van der Waals surface area contributed by atoms with Crippen LogP contribution in [-0.2, 0) is 11.2 Å². The fourth-order valence-electron chi connectivity index (χ4n) is 2.67. The number of aromatic nitrogens is 1. The largest absolute Gasteiger partial charge is 0.397 e. The summed E-state index contributed by atoms with van der Waals surface area (Å²) in [6, 6.07) is 3.61. The van der Waals surface area contributed by atoms with Gasteiger partial charge >= 0.3 is 0 Å². The van der Waals surface area contributed by atoms with E-state index in [9.17, 15) is 4.79 Å². The Hall–Kier alpha value is -1.58. The number of carbonyl (C=O) groups excluding carboxylic acids is 1. The van der Waals surface area contributed by atoms with Gasteiger partial charge in [0, 0.05) is 18.8 Å². The van der Waals surface area contributed by atoms with Crippen molar-refractivity contribution >= 4 is 11.6 Å². The molecule has 0 radical (unpaired) electrons. The fraction of sp³-hybridized carbons (Fsp3) is 0.571. The number of nitrogens with zero attached hydrogens (tertiary/aromatic N) is 2. The van der Waals surface area contributed by atoms with Gasteiger partial charge in [-0.2, -0.15) is 0 Å². The maximum absolute atomic E-state index is 12.2. The molecule has 0 saturated carbocycles. The minimum Gasteiger partial charge on any atom is -0.397 e. The molecule has 4 heteroatoms. The van der Waals surface area contributed by atoms with Crippen molar-refractivity contribution in [2.75, 3.05) is 18.8 Å². The van der Waals surface area contributed by atoms with Crippen molar-refractivity contribution in [2.24, 2.45) is 11.8 Å². The Morgan fingerprint density at radius 2 is 2.06 bits per heavy atom. The van der Waals surface area contributed by atoms with E-state index in [-0.39, 0.29) is 5.91 Å². The van der Waals surface area contributed by atoms with E-state index in [0.717, 1.165) is 18.8 Å². The van der Waals surface area contributed by atoms with Crippen molar-refractivity contribution in [1.29, 1.82) is 0 Å². The standard InChI is InChI=1S/C14H21N3O/c1-10-5-11(2)9-17(8-10)14(18)6-13-4-3-12(15)7-16-13/h3-4,7,10-11H,5-6,8-9,15H2,1-2H3. The minimum atomic E-state index is 0.172. The summed E-state index contributed by atoms with van der Waals surface area (Å²) in [4.78, 5) is 18.3. The molecule has 0 aliphatic carbocycles. The summed E-state index contributed by atoms with van der Waals surface area (Å²) < 4.78 is 0. The first-order chi connectivity index (χ1) is 8.54. The van der Waals surface area contributed by atoms with Crippen LogP contribution < -0.4 is 5.73 Å². The number of piperidine rings is 1. The van der Waals surface area contributed by atoms with Crippen molar-refractivity contribution in [3.8, 4) is 0 Å². The van der Waals surface area contributed by atoms with Gasteiger partial charge in [-0.25, -0.2) is 0 Å². The van der Waals surface area contributed by atoms with E-state index in [2.05, 4.69) is 18.8 Å². The number of anilines is 1. The molecule has 2 heterocycles. The van der Waals surface area contributed by atoms with Gasteiger partial charge in [-0.3, -0.25) is 9.78 Å². The first-order valence-electron chi connectivity index (χ1n) is 6.52. The molecule has 18 heavy (non-hydrogen) atoms. The Labute approximate surface area is 108 Å². The Kier molecular flexibility index (Phi) is 3.84. The third-order valence-electron chi connectivity index (χ3n) is 3.40. The molecule has 2 N–H and O–H groups in total. The van der Waals surface area contributed by atoms with Gasteiger partial charge in [-0.05, 0) is 30.4 Å². The highest BCUT2D eigenvalue weighted by Crippen LogP contribution is 2.21. The highest BCUT2D eigenvalue weighted by Gasteiger charge is 2.25. The lowest BCUT2D eigenvalue weighted by atomic mass is 9.91. The van der Waals surface area contributed by atoms with Crippen LogP contribution in [0.4, 0.5) is 5.69 Å². The first kappa shape index (κ1) is 12.9. The number of hydrogen-bond acceptors (Lipinski definition) is 3. The summed E-state index contributed by atoms with van der Waals surface area (Å²) in [5, 5.41) is 0. The second-order valence-corrected chi connectivity index (χ2v) is 5.50. The van der Waals surface area contributed by atoms with E-state index < -0.39 is 0 Å². The third kappa shape index (κ3) is 3.22. The second kappa shape index (κ2) is 5.38. The Balaban J connectivity index is 1.97. The molecule has 0 aromatic carbocycles. The quantitative estimate of drug-likeness (QED) is 0.865. The molecule has 1 aliphatic rings. The first-order valence-corrected chi connectivity index (χ1v) is 6.52. The molecule has 1 aliphatic heterocycles. The number of amides is 1. The number of nitrogens with two attached hydrogens (primary N) is 1. The molecule has 2 unspecified atom stereocenters. The van der Waals surface area contributed by atoms with E-state index in [1.54, 1.807) is 12.3 Å². The molecule has 4 nitrogen and oxygen atoms in total. The van der Waals surface area contributed by atoms with Crippen molar-refractivity contribution in [3.05, 3.63) is 24.0 Å². The number of pyridine rings is 1. The summed E-state index contributed by atoms with van der Waals surface area (Å²) in [7, 11) is 0. The maximum Gasteiger partial charge on any atom is 0.228 e. The molecule has 2 rings (SSSR count). The maximum atomic E-state index is 12.2. The molecular formula is C14H21N3O. The smallest absolute Gasteiger partial charge is 0.228 e. The van der Waals surface area contributed by atoms with E-state index in [1.807, 2.05) is 11.0 Å². The summed E-state index contributed by atoms with van der Waals surface area (Å²) >= 11 is 0. The van der Waals surface area contributed by atoms with Gasteiger partial charge in [0.25, 0.3) is 0 Å². The van der Waals surface area contributed by atoms with Crippen LogP contribution >= 0.6 is 0 Å². The number of rotatable bonds is 2. The van der Waals surface area contributed by atoms with Crippen molar-refractivity contribution in [3.63, 3.8) is 0 Å². The van der Waals surface area contributed by atoms with Crippen LogP contribution in [0, 0.1) is 11.8 Å². The van der Waals surface area contributed by atoms with Crippen molar-refractivity contribution < 1.29 is 4.79 Å². The molecule has 1 aromatic heterocycles. The van der Waals surface area contributed by atoms with Crippen LogP contribution in [0.1, 0.15) is 26.0 Å². The van der Waals surface area contributed by atoms with Crippen molar-refractivity contribution in [1.82, 2.24) is 9.88 Å². The summed E-state index contributed by atoms with van der Waals surface area (Å²) in [6.07, 6.45) is 3.19. The van der Waals surface area contributed by atoms with Crippen LogP contribution in [0.3, 0.4) is 0 Å². The Bertz CT molecular complexity index is 406. The Morgan fingerprint density at radius 3 is 2.61 bits per heavy atom. The molecule has 1 amide bonds. The van der Waals surface area contributed by atoms with Gasteiger partial charge in [-0.15, -0.1) is 0 Å². The lowest BCUT2D eigenvalue weighted by molar-refractivity contribution is -0.133. The van der Waals surface area contributed by atoms with Gasteiger partial charge in [0.1, 0.15) is 0 Å². The fourth-order valence-corrected chi connectivity index (χ4v) is 2.67. The monoisotopic (exact) mass is 247 g/mol. The van der Waals surface area contributed by atoms with Crippen LogP contribution in [0.5, 0.6) is 0 Å². The predicted octanol–water partition coefficient (Wildman–Crippen LogP) is 1.71. The van der Waals surface area contributed by atoms with E-state index in [4.69, 9.17) is 5.73 Å². The van der Waals surface area contributed by atoms with Gasteiger partial charge in [0.05, 0.1) is 18.3 Å².